The Hall–Kier alpha value is -3.32. The molecule has 3 rings (SSSR count). The van der Waals surface area contributed by atoms with Crippen molar-refractivity contribution in [2.75, 3.05) is 26.1 Å². The van der Waals surface area contributed by atoms with Crippen LogP contribution < -0.4 is 14.8 Å². The van der Waals surface area contributed by atoms with E-state index in [1.807, 2.05) is 61.7 Å². The molecule has 0 aliphatic carbocycles. The number of rotatable bonds is 7. The van der Waals surface area contributed by atoms with Crippen LogP contribution in [0.2, 0.25) is 0 Å². The van der Waals surface area contributed by atoms with Crippen LogP contribution in [-0.4, -0.2) is 32.7 Å². The smallest absolute Gasteiger partial charge is 0.341 e. The predicted molar refractivity (Wildman–Crippen MR) is 118 cm³/mol. The summed E-state index contributed by atoms with van der Waals surface area (Å²) in [5.41, 5.74) is 3.89. The third-order valence-electron chi connectivity index (χ3n) is 4.52. The molecule has 7 heteroatoms. The summed E-state index contributed by atoms with van der Waals surface area (Å²) < 4.78 is 15.8. The molecule has 1 aromatic heterocycles. The Kier molecular flexibility index (Phi) is 6.74. The van der Waals surface area contributed by atoms with Gasteiger partial charge in [-0.25, -0.2) is 4.79 Å². The van der Waals surface area contributed by atoms with Crippen molar-refractivity contribution in [3.05, 3.63) is 64.5 Å². The van der Waals surface area contributed by atoms with E-state index < -0.39 is 5.97 Å². The van der Waals surface area contributed by atoms with Gasteiger partial charge in [0.2, 0.25) is 0 Å². The average molecular weight is 426 g/mol. The van der Waals surface area contributed by atoms with Crippen molar-refractivity contribution in [2.24, 2.45) is 0 Å². The van der Waals surface area contributed by atoms with Crippen molar-refractivity contribution in [3.8, 4) is 22.6 Å². The van der Waals surface area contributed by atoms with Gasteiger partial charge in [0.1, 0.15) is 22.1 Å². The molecule has 1 N–H and O–H groups in total. The second-order valence-electron chi connectivity index (χ2n) is 6.68. The van der Waals surface area contributed by atoms with Gasteiger partial charge in [-0.1, -0.05) is 29.8 Å². The lowest BCUT2D eigenvalue weighted by Crippen LogP contribution is -2.21. The molecule has 3 aromatic rings. The number of thiophene rings is 1. The Balaban J connectivity index is 1.78. The van der Waals surface area contributed by atoms with Crippen molar-refractivity contribution in [1.29, 1.82) is 0 Å². The number of anilines is 1. The van der Waals surface area contributed by atoms with E-state index in [0.717, 1.165) is 16.7 Å². The van der Waals surface area contributed by atoms with Crippen LogP contribution in [0.15, 0.2) is 47.8 Å². The second-order valence-corrected chi connectivity index (χ2v) is 7.56. The number of benzene rings is 2. The predicted octanol–water partition coefficient (Wildman–Crippen LogP) is 4.84. The summed E-state index contributed by atoms with van der Waals surface area (Å²) >= 11 is 1.26. The van der Waals surface area contributed by atoms with Crippen LogP contribution in [-0.2, 0) is 9.53 Å². The molecule has 6 nitrogen and oxygen atoms in total. The first-order valence-electron chi connectivity index (χ1n) is 9.27. The van der Waals surface area contributed by atoms with Gasteiger partial charge in [-0.05, 0) is 43.2 Å². The SMILES string of the molecule is COC(=O)c1c(-c2ccc(OC)cc2)csc1NC(=O)COc1ccc(C)cc1C. The van der Waals surface area contributed by atoms with Crippen LogP contribution in [0, 0.1) is 13.8 Å². The number of carbonyl (C=O) groups is 2. The summed E-state index contributed by atoms with van der Waals surface area (Å²) in [6, 6.07) is 13.1. The number of nitrogens with one attached hydrogen (secondary N) is 1. The highest BCUT2D eigenvalue weighted by Crippen LogP contribution is 2.36. The lowest BCUT2D eigenvalue weighted by Gasteiger charge is -2.11. The lowest BCUT2D eigenvalue weighted by molar-refractivity contribution is -0.118. The normalized spacial score (nSPS) is 10.4. The Morgan fingerprint density at radius 1 is 1.03 bits per heavy atom. The van der Waals surface area contributed by atoms with Crippen LogP contribution in [0.1, 0.15) is 21.5 Å². The maximum atomic E-state index is 12.5. The molecular weight excluding hydrogens is 402 g/mol. The largest absolute Gasteiger partial charge is 0.497 e. The molecular formula is C23H23NO5S. The van der Waals surface area contributed by atoms with Crippen molar-refractivity contribution in [2.45, 2.75) is 13.8 Å². The molecule has 156 valence electrons. The molecule has 0 aliphatic heterocycles. The third kappa shape index (κ3) is 4.80. The first-order chi connectivity index (χ1) is 14.4. The second kappa shape index (κ2) is 9.45. The third-order valence-corrected chi connectivity index (χ3v) is 5.42. The zero-order valence-electron chi connectivity index (χ0n) is 17.3. The molecule has 0 bridgehead atoms. The summed E-state index contributed by atoms with van der Waals surface area (Å²) in [6.45, 7) is 3.76. The molecule has 0 unspecified atom stereocenters. The highest BCUT2D eigenvalue weighted by atomic mass is 32.1. The van der Waals surface area contributed by atoms with Crippen LogP contribution in [0.25, 0.3) is 11.1 Å². The zero-order chi connectivity index (χ0) is 21.7. The van der Waals surface area contributed by atoms with Gasteiger partial charge in [0.15, 0.2) is 6.61 Å². The van der Waals surface area contributed by atoms with Crippen LogP contribution in [0.5, 0.6) is 11.5 Å². The Bertz CT molecular complexity index is 1060. The summed E-state index contributed by atoms with van der Waals surface area (Å²) in [6.07, 6.45) is 0. The Morgan fingerprint density at radius 3 is 2.40 bits per heavy atom. The van der Waals surface area contributed by atoms with E-state index in [4.69, 9.17) is 14.2 Å². The molecule has 1 heterocycles. The van der Waals surface area contributed by atoms with Crippen LogP contribution >= 0.6 is 11.3 Å². The van der Waals surface area contributed by atoms with Gasteiger partial charge in [-0.2, -0.15) is 0 Å². The summed E-state index contributed by atoms with van der Waals surface area (Å²) in [5, 5.41) is 5.00. The van der Waals surface area contributed by atoms with Crippen LogP contribution in [0.4, 0.5) is 5.00 Å². The summed E-state index contributed by atoms with van der Waals surface area (Å²) in [4.78, 5) is 24.9. The number of methoxy groups -OCH3 is 2. The van der Waals surface area contributed by atoms with Crippen molar-refractivity contribution in [1.82, 2.24) is 0 Å². The maximum Gasteiger partial charge on any atom is 0.341 e. The molecule has 0 saturated carbocycles. The lowest BCUT2D eigenvalue weighted by atomic mass is 10.0. The van der Waals surface area contributed by atoms with Gasteiger partial charge in [0, 0.05) is 10.9 Å². The van der Waals surface area contributed by atoms with Gasteiger partial charge in [-0.3, -0.25) is 4.79 Å². The summed E-state index contributed by atoms with van der Waals surface area (Å²) in [7, 11) is 2.90. The maximum absolute atomic E-state index is 12.5. The molecule has 2 aromatic carbocycles. The molecule has 0 saturated heterocycles. The number of hydrogen-bond acceptors (Lipinski definition) is 6. The van der Waals surface area contributed by atoms with E-state index in [9.17, 15) is 9.59 Å². The van der Waals surface area contributed by atoms with E-state index in [1.165, 1.54) is 18.4 Å². The molecule has 0 atom stereocenters. The van der Waals surface area contributed by atoms with E-state index in [1.54, 1.807) is 7.11 Å². The molecule has 0 spiro atoms. The minimum absolute atomic E-state index is 0.166. The van der Waals surface area contributed by atoms with Gasteiger partial charge < -0.3 is 19.5 Å². The Morgan fingerprint density at radius 2 is 1.77 bits per heavy atom. The van der Waals surface area contributed by atoms with Crippen LogP contribution in [0.3, 0.4) is 0 Å². The van der Waals surface area contributed by atoms with Gasteiger partial charge >= 0.3 is 5.97 Å². The molecule has 1 amide bonds. The first-order valence-corrected chi connectivity index (χ1v) is 10.1. The molecule has 0 fully saturated rings. The highest BCUT2D eigenvalue weighted by Gasteiger charge is 2.22. The number of ether oxygens (including phenoxy) is 3. The van der Waals surface area contributed by atoms with Crippen molar-refractivity contribution < 1.29 is 23.8 Å². The van der Waals surface area contributed by atoms with Crippen molar-refractivity contribution >= 4 is 28.2 Å². The fourth-order valence-electron chi connectivity index (χ4n) is 3.00. The fourth-order valence-corrected chi connectivity index (χ4v) is 3.98. The minimum Gasteiger partial charge on any atom is -0.497 e. The fraction of sp³-hybridized carbons (Fsp3) is 0.217. The molecule has 30 heavy (non-hydrogen) atoms. The zero-order valence-corrected chi connectivity index (χ0v) is 18.1. The number of amides is 1. The monoisotopic (exact) mass is 425 g/mol. The number of carbonyl (C=O) groups excluding carboxylic acids is 2. The summed E-state index contributed by atoms with van der Waals surface area (Å²) in [5.74, 6) is 0.482. The van der Waals surface area contributed by atoms with E-state index in [-0.39, 0.29) is 12.5 Å². The quantitative estimate of drug-likeness (QED) is 0.548. The van der Waals surface area contributed by atoms with E-state index in [0.29, 0.717) is 27.6 Å². The standard InChI is InChI=1S/C23H23NO5S/c1-14-5-10-19(15(2)11-14)29-12-20(25)24-22-21(23(26)28-4)18(13-30-22)16-6-8-17(27-3)9-7-16/h5-11,13H,12H2,1-4H3,(H,24,25). The van der Waals surface area contributed by atoms with E-state index >= 15 is 0 Å². The topological polar surface area (TPSA) is 73.9 Å². The van der Waals surface area contributed by atoms with E-state index in [2.05, 4.69) is 5.32 Å². The average Bonchev–Trinajstić information content (AvgIpc) is 3.16. The number of esters is 1. The van der Waals surface area contributed by atoms with Gasteiger partial charge in [0.25, 0.3) is 5.91 Å². The van der Waals surface area contributed by atoms with Gasteiger partial charge in [0.05, 0.1) is 14.2 Å². The van der Waals surface area contributed by atoms with Gasteiger partial charge in [-0.15, -0.1) is 11.3 Å². The number of aryl methyl sites for hydroxylation is 2. The first kappa shape index (κ1) is 21.4. The van der Waals surface area contributed by atoms with Crippen molar-refractivity contribution in [3.63, 3.8) is 0 Å². The minimum atomic E-state index is -0.521. The number of hydrogen-bond donors (Lipinski definition) is 1. The molecule has 0 radical (unpaired) electrons. The Labute approximate surface area is 179 Å². The highest BCUT2D eigenvalue weighted by molar-refractivity contribution is 7.15. The molecule has 0 aliphatic rings.